The summed E-state index contributed by atoms with van der Waals surface area (Å²) < 4.78 is 6.15. The summed E-state index contributed by atoms with van der Waals surface area (Å²) in [6, 6.07) is 9.22. The molecule has 0 spiro atoms. The number of ether oxygens (including phenoxy) is 1. The standard InChI is InChI=1S/C18H29NO/c1-4-14(5-2)13-17(19-6-3)18-16-10-8-7-9-15(16)11-12-20-18/h7-10,14,17-19H,4-6,11-13H2,1-3H3. The zero-order chi connectivity index (χ0) is 14.4. The van der Waals surface area contributed by atoms with Gasteiger partial charge in [0.2, 0.25) is 0 Å². The highest BCUT2D eigenvalue weighted by molar-refractivity contribution is 5.32. The topological polar surface area (TPSA) is 21.3 Å². The van der Waals surface area contributed by atoms with Crippen molar-refractivity contribution in [2.45, 2.75) is 58.6 Å². The molecule has 2 nitrogen and oxygen atoms in total. The van der Waals surface area contributed by atoms with Gasteiger partial charge in [-0.1, -0.05) is 57.9 Å². The van der Waals surface area contributed by atoms with Gasteiger partial charge < -0.3 is 10.1 Å². The molecule has 2 unspecified atom stereocenters. The summed E-state index contributed by atoms with van der Waals surface area (Å²) in [5.74, 6) is 0.789. The summed E-state index contributed by atoms with van der Waals surface area (Å²) in [6.45, 7) is 8.65. The molecule has 112 valence electrons. The van der Waals surface area contributed by atoms with Crippen LogP contribution in [0.4, 0.5) is 0 Å². The third-order valence-corrected chi connectivity index (χ3v) is 4.60. The predicted molar refractivity (Wildman–Crippen MR) is 85.0 cm³/mol. The monoisotopic (exact) mass is 275 g/mol. The third kappa shape index (κ3) is 3.62. The van der Waals surface area contributed by atoms with E-state index in [2.05, 4.69) is 50.4 Å². The Bertz CT molecular complexity index is 400. The summed E-state index contributed by atoms with van der Waals surface area (Å²) in [6.07, 6.45) is 5.00. The van der Waals surface area contributed by atoms with Crippen LogP contribution in [0.1, 0.15) is 57.3 Å². The van der Waals surface area contributed by atoms with E-state index in [-0.39, 0.29) is 6.10 Å². The maximum absolute atomic E-state index is 6.15. The van der Waals surface area contributed by atoms with Crippen LogP contribution in [0.2, 0.25) is 0 Å². The first-order valence-corrected chi connectivity index (χ1v) is 8.22. The number of likely N-dealkylation sites (N-methyl/N-ethyl adjacent to an activating group) is 1. The van der Waals surface area contributed by atoms with Gasteiger partial charge in [-0.25, -0.2) is 0 Å². The van der Waals surface area contributed by atoms with E-state index in [0.29, 0.717) is 6.04 Å². The van der Waals surface area contributed by atoms with Crippen molar-refractivity contribution in [3.05, 3.63) is 35.4 Å². The molecule has 0 bridgehead atoms. The molecule has 20 heavy (non-hydrogen) atoms. The van der Waals surface area contributed by atoms with Gasteiger partial charge >= 0.3 is 0 Å². The number of rotatable bonds is 7. The van der Waals surface area contributed by atoms with E-state index in [4.69, 9.17) is 4.74 Å². The number of hydrogen-bond acceptors (Lipinski definition) is 2. The molecule has 2 heteroatoms. The molecule has 0 saturated heterocycles. The van der Waals surface area contributed by atoms with Crippen molar-refractivity contribution in [2.75, 3.05) is 13.2 Å². The highest BCUT2D eigenvalue weighted by atomic mass is 16.5. The second-order valence-corrected chi connectivity index (χ2v) is 5.82. The van der Waals surface area contributed by atoms with Crippen molar-refractivity contribution in [1.29, 1.82) is 0 Å². The highest BCUT2D eigenvalue weighted by Gasteiger charge is 2.29. The van der Waals surface area contributed by atoms with Gasteiger partial charge in [0.05, 0.1) is 12.7 Å². The number of benzene rings is 1. The van der Waals surface area contributed by atoms with Crippen molar-refractivity contribution in [3.63, 3.8) is 0 Å². The first-order valence-electron chi connectivity index (χ1n) is 8.22. The second kappa shape index (κ2) is 7.80. The van der Waals surface area contributed by atoms with Gasteiger partial charge in [0.1, 0.15) is 0 Å². The van der Waals surface area contributed by atoms with Gasteiger partial charge in [-0.05, 0) is 36.4 Å². The van der Waals surface area contributed by atoms with E-state index in [0.717, 1.165) is 25.5 Å². The van der Waals surface area contributed by atoms with Crippen LogP contribution in [0.25, 0.3) is 0 Å². The van der Waals surface area contributed by atoms with Gasteiger partial charge in [0.25, 0.3) is 0 Å². The first-order chi connectivity index (χ1) is 9.80. The number of hydrogen-bond donors (Lipinski definition) is 1. The van der Waals surface area contributed by atoms with E-state index < -0.39 is 0 Å². The summed E-state index contributed by atoms with van der Waals surface area (Å²) in [5.41, 5.74) is 2.87. The van der Waals surface area contributed by atoms with Crippen molar-refractivity contribution >= 4 is 0 Å². The fourth-order valence-corrected chi connectivity index (χ4v) is 3.32. The molecule has 2 rings (SSSR count). The van der Waals surface area contributed by atoms with Crippen molar-refractivity contribution in [1.82, 2.24) is 5.32 Å². The van der Waals surface area contributed by atoms with Gasteiger partial charge in [-0.2, -0.15) is 0 Å². The van der Waals surface area contributed by atoms with Crippen molar-refractivity contribution < 1.29 is 4.74 Å². The normalized spacial score (nSPS) is 19.9. The van der Waals surface area contributed by atoms with E-state index in [1.54, 1.807) is 0 Å². The Kier molecular flexibility index (Phi) is 6.06. The maximum atomic E-state index is 6.15. The zero-order valence-corrected chi connectivity index (χ0v) is 13.2. The minimum Gasteiger partial charge on any atom is -0.372 e. The zero-order valence-electron chi connectivity index (χ0n) is 13.2. The average Bonchev–Trinajstić information content (AvgIpc) is 2.51. The molecule has 0 radical (unpaired) electrons. The Morgan fingerprint density at radius 2 is 1.95 bits per heavy atom. The fourth-order valence-electron chi connectivity index (χ4n) is 3.32. The fraction of sp³-hybridized carbons (Fsp3) is 0.667. The molecule has 1 aromatic rings. The number of nitrogens with one attached hydrogen (secondary N) is 1. The molecule has 1 aliphatic rings. The molecule has 1 aliphatic heterocycles. The third-order valence-electron chi connectivity index (χ3n) is 4.60. The predicted octanol–water partition coefficient (Wildman–Crippen LogP) is 4.10. The minimum absolute atomic E-state index is 0.223. The van der Waals surface area contributed by atoms with Crippen LogP contribution in [0.15, 0.2) is 24.3 Å². The van der Waals surface area contributed by atoms with E-state index >= 15 is 0 Å². The summed E-state index contributed by atoms with van der Waals surface area (Å²) in [5, 5.41) is 3.67. The lowest BCUT2D eigenvalue weighted by Gasteiger charge is -2.34. The lowest BCUT2D eigenvalue weighted by Crippen LogP contribution is -2.39. The molecule has 0 amide bonds. The molecule has 0 aliphatic carbocycles. The van der Waals surface area contributed by atoms with Crippen LogP contribution < -0.4 is 5.32 Å². The smallest absolute Gasteiger partial charge is 0.0980 e. The molecule has 0 aromatic heterocycles. The molecule has 1 aromatic carbocycles. The maximum Gasteiger partial charge on any atom is 0.0980 e. The van der Waals surface area contributed by atoms with E-state index in [9.17, 15) is 0 Å². The quantitative estimate of drug-likeness (QED) is 0.808. The van der Waals surface area contributed by atoms with Gasteiger partial charge in [-0.15, -0.1) is 0 Å². The SMILES string of the molecule is CCNC(CC(CC)CC)C1OCCc2ccccc21. The molecule has 0 fully saturated rings. The lowest BCUT2D eigenvalue weighted by molar-refractivity contribution is 0.00931. The highest BCUT2D eigenvalue weighted by Crippen LogP contribution is 2.33. The van der Waals surface area contributed by atoms with Crippen LogP contribution >= 0.6 is 0 Å². The molecule has 1 N–H and O–H groups in total. The molecular formula is C18H29NO. The van der Waals surface area contributed by atoms with Gasteiger partial charge in [-0.3, -0.25) is 0 Å². The largest absolute Gasteiger partial charge is 0.372 e. The Balaban J connectivity index is 2.17. The number of fused-ring (bicyclic) bond motifs is 1. The minimum atomic E-state index is 0.223. The molecule has 1 heterocycles. The van der Waals surface area contributed by atoms with Crippen LogP contribution in [0, 0.1) is 5.92 Å². The Morgan fingerprint density at radius 1 is 1.20 bits per heavy atom. The lowest BCUT2D eigenvalue weighted by atomic mass is 9.86. The van der Waals surface area contributed by atoms with Crippen LogP contribution in [0.3, 0.4) is 0 Å². The van der Waals surface area contributed by atoms with Crippen LogP contribution in [-0.4, -0.2) is 19.2 Å². The van der Waals surface area contributed by atoms with Crippen molar-refractivity contribution in [3.8, 4) is 0 Å². The van der Waals surface area contributed by atoms with Gasteiger partial charge in [0, 0.05) is 6.04 Å². The summed E-state index contributed by atoms with van der Waals surface area (Å²) in [4.78, 5) is 0. The van der Waals surface area contributed by atoms with Crippen LogP contribution in [-0.2, 0) is 11.2 Å². The van der Waals surface area contributed by atoms with Crippen molar-refractivity contribution in [2.24, 2.45) is 5.92 Å². The molecule has 0 saturated carbocycles. The molecule has 2 atom stereocenters. The summed E-state index contributed by atoms with van der Waals surface area (Å²) >= 11 is 0. The van der Waals surface area contributed by atoms with Gasteiger partial charge in [0.15, 0.2) is 0 Å². The van der Waals surface area contributed by atoms with Crippen LogP contribution in [0.5, 0.6) is 0 Å². The van der Waals surface area contributed by atoms with E-state index in [1.807, 2.05) is 0 Å². The Morgan fingerprint density at radius 3 is 2.65 bits per heavy atom. The molecular weight excluding hydrogens is 246 g/mol. The average molecular weight is 275 g/mol. The summed E-state index contributed by atoms with van der Waals surface area (Å²) in [7, 11) is 0. The Labute approximate surface area is 123 Å². The second-order valence-electron chi connectivity index (χ2n) is 5.82. The van der Waals surface area contributed by atoms with E-state index in [1.165, 1.54) is 30.4 Å². The Hall–Kier alpha value is -0.860. The first kappa shape index (κ1) is 15.5.